The molecule has 1 rings (SSSR count). The summed E-state index contributed by atoms with van der Waals surface area (Å²) in [4.78, 5) is 2.86. The van der Waals surface area contributed by atoms with E-state index >= 15 is 0 Å². The molecule has 0 aliphatic carbocycles. The van der Waals surface area contributed by atoms with E-state index in [4.69, 9.17) is 0 Å². The van der Waals surface area contributed by atoms with Crippen LogP contribution in [0.1, 0.15) is 156 Å². The van der Waals surface area contributed by atoms with Crippen LogP contribution in [0.3, 0.4) is 0 Å². The highest BCUT2D eigenvalue weighted by molar-refractivity contribution is 9.12. The van der Waals surface area contributed by atoms with Gasteiger partial charge in [0.1, 0.15) is 16.7 Å². The van der Waals surface area contributed by atoms with E-state index in [0.717, 1.165) is 6.54 Å². The van der Waals surface area contributed by atoms with Crippen LogP contribution in [0.2, 0.25) is 0 Å². The predicted molar refractivity (Wildman–Crippen MR) is 185 cm³/mol. The zero-order valence-corrected chi connectivity index (χ0v) is 29.9. The lowest BCUT2D eigenvalue weighted by Crippen LogP contribution is -2.50. The van der Waals surface area contributed by atoms with Crippen LogP contribution in [0, 0.1) is 10.8 Å². The zero-order chi connectivity index (χ0) is 31.2. The van der Waals surface area contributed by atoms with E-state index in [9.17, 15) is 13.0 Å². The third kappa shape index (κ3) is 24.6. The predicted octanol–water partition coefficient (Wildman–Crippen LogP) is 11.0. The van der Waals surface area contributed by atoms with Gasteiger partial charge in [0.05, 0.1) is 24.5 Å². The van der Waals surface area contributed by atoms with Crippen LogP contribution in [-0.4, -0.2) is 43.6 Å². The van der Waals surface area contributed by atoms with E-state index in [2.05, 4.69) is 47.5 Å². The van der Waals surface area contributed by atoms with Gasteiger partial charge in [-0.25, -0.2) is 8.42 Å². The number of hydrogen-bond acceptors (Lipinski definition) is 3. The van der Waals surface area contributed by atoms with Crippen molar-refractivity contribution in [1.82, 2.24) is 0 Å². The Kier molecular flexibility index (Phi) is 28.3. The fourth-order valence-corrected chi connectivity index (χ4v) is 6.19. The Labute approximate surface area is 270 Å². The fourth-order valence-electron chi connectivity index (χ4n) is 5.57. The van der Waals surface area contributed by atoms with E-state index in [1.165, 1.54) is 183 Å². The smallest absolute Gasteiger partial charge is 0.141 e. The molecule has 0 atom stereocenters. The average molecular weight is 671 g/mol. The molecule has 244 valence electrons. The summed E-state index contributed by atoms with van der Waals surface area (Å²) in [5.41, 5.74) is 0. The van der Waals surface area contributed by atoms with Crippen molar-refractivity contribution in [3.63, 3.8) is 0 Å². The number of hydrogen-bond donors (Lipinski definition) is 0. The molecular formula is C36H64BrNO3S. The van der Waals surface area contributed by atoms with Gasteiger partial charge in [-0.3, -0.25) is 0 Å². The molecule has 0 saturated heterocycles. The van der Waals surface area contributed by atoms with Crippen LogP contribution in [0.25, 0.3) is 0 Å². The number of rotatable bonds is 26. The largest absolute Gasteiger partial charge is 0.744 e. The van der Waals surface area contributed by atoms with E-state index in [1.807, 2.05) is 0 Å². The van der Waals surface area contributed by atoms with Gasteiger partial charge in [-0.15, -0.1) is 0 Å². The number of halogens is 1. The highest BCUT2D eigenvalue weighted by Gasteiger charge is 2.25. The Morgan fingerprint density at radius 2 is 0.929 bits per heavy atom. The molecule has 0 saturated carbocycles. The number of benzene rings is 1. The van der Waals surface area contributed by atoms with E-state index in [1.54, 1.807) is 6.07 Å². The van der Waals surface area contributed by atoms with Crippen molar-refractivity contribution in [2.45, 2.75) is 161 Å². The Balaban J connectivity index is 0.00000140. The van der Waals surface area contributed by atoms with Gasteiger partial charge in [0.15, 0.2) is 0 Å². The van der Waals surface area contributed by atoms with Crippen molar-refractivity contribution in [3.8, 4) is 10.8 Å². The summed E-state index contributed by atoms with van der Waals surface area (Å²) in [6.45, 7) is 12.0. The molecule has 42 heavy (non-hydrogen) atoms. The second-order valence-corrected chi connectivity index (χ2v) is 13.8. The van der Waals surface area contributed by atoms with Gasteiger partial charge in [-0.05, 0) is 61.4 Å². The molecule has 0 bridgehead atoms. The van der Waals surface area contributed by atoms with Crippen LogP contribution >= 0.6 is 15.9 Å². The second kappa shape index (κ2) is 28.9. The van der Waals surface area contributed by atoms with Crippen molar-refractivity contribution >= 4 is 26.0 Å². The molecule has 0 heterocycles. The van der Waals surface area contributed by atoms with Gasteiger partial charge >= 0.3 is 0 Å². The number of unbranched alkanes of at least 4 members (excludes halogenated alkanes) is 18. The number of nitrogens with zero attached hydrogens (tertiary/aromatic N) is 1. The SMILES string of the molecule is CCCCCCCCC[N+](CC#CBr)(CCCCCCCCC)CCCCCCCCC.O=S(=O)([O-])c1ccccc1. The summed E-state index contributed by atoms with van der Waals surface area (Å²) in [5.74, 6) is 3.43. The molecule has 1 aromatic rings. The van der Waals surface area contributed by atoms with Gasteiger partial charge in [0, 0.05) is 15.9 Å². The van der Waals surface area contributed by atoms with Crippen LogP contribution in [0.5, 0.6) is 0 Å². The molecule has 0 amide bonds. The third-order valence-corrected chi connectivity index (χ3v) is 9.35. The Hall–Kier alpha value is -0.870. The van der Waals surface area contributed by atoms with Crippen LogP contribution in [0.15, 0.2) is 35.2 Å². The lowest BCUT2D eigenvalue weighted by molar-refractivity contribution is -0.922. The average Bonchev–Trinajstić information content (AvgIpc) is 2.99. The normalized spacial score (nSPS) is 11.5. The first-order valence-corrected chi connectivity index (χ1v) is 19.5. The molecule has 0 aromatic heterocycles. The minimum Gasteiger partial charge on any atom is -0.744 e. The maximum atomic E-state index is 10.3. The van der Waals surface area contributed by atoms with Gasteiger partial charge in [0.25, 0.3) is 0 Å². The Bertz CT molecular complexity index is 834. The molecule has 0 fully saturated rings. The summed E-state index contributed by atoms with van der Waals surface area (Å²) in [7, 11) is -4.25. The lowest BCUT2D eigenvalue weighted by atomic mass is 10.1. The monoisotopic (exact) mass is 669 g/mol. The van der Waals surface area contributed by atoms with Crippen LogP contribution < -0.4 is 0 Å². The van der Waals surface area contributed by atoms with Gasteiger partial charge in [0.2, 0.25) is 0 Å². The molecule has 0 aliphatic rings. The summed E-state index contributed by atoms with van der Waals surface area (Å²) in [6.07, 6.45) is 29.6. The summed E-state index contributed by atoms with van der Waals surface area (Å²) in [6, 6.07) is 7.19. The van der Waals surface area contributed by atoms with Crippen molar-refractivity contribution < 1.29 is 17.5 Å². The molecule has 0 radical (unpaired) electrons. The standard InChI is InChI=1S/C30H59BrN.C6H6O3S/c1-4-7-10-13-16-19-22-27-32(30-25-26-31,28-23-20-17-14-11-8-5-2)29-24-21-18-15-12-9-6-3;7-10(8,9)6-4-2-1-3-5-6/h4-24,27-30H2,1-3H3;1-5H,(H,7,8,9)/q+1;/p-1. The van der Waals surface area contributed by atoms with E-state index < -0.39 is 10.1 Å². The molecule has 1 aromatic carbocycles. The minimum atomic E-state index is -4.25. The van der Waals surface area contributed by atoms with Crippen LogP contribution in [0.4, 0.5) is 0 Å². The maximum Gasteiger partial charge on any atom is 0.141 e. The van der Waals surface area contributed by atoms with Crippen molar-refractivity contribution in [2.75, 3.05) is 26.2 Å². The molecule has 0 unspecified atom stereocenters. The molecule has 0 aliphatic heterocycles. The van der Waals surface area contributed by atoms with E-state index in [0.29, 0.717) is 0 Å². The first-order chi connectivity index (χ1) is 20.3. The Morgan fingerprint density at radius 3 is 1.21 bits per heavy atom. The molecule has 4 nitrogen and oxygen atoms in total. The summed E-state index contributed by atoms with van der Waals surface area (Å²) in [5, 5.41) is 0. The second-order valence-electron chi connectivity index (χ2n) is 12.1. The number of quaternary nitrogens is 1. The van der Waals surface area contributed by atoms with Gasteiger partial charge in [-0.1, -0.05) is 135 Å². The lowest BCUT2D eigenvalue weighted by Gasteiger charge is -2.38. The summed E-state index contributed by atoms with van der Waals surface area (Å²) < 4.78 is 32.1. The zero-order valence-electron chi connectivity index (χ0n) is 27.5. The minimum absolute atomic E-state index is 0.185. The van der Waals surface area contributed by atoms with Crippen LogP contribution in [-0.2, 0) is 10.1 Å². The van der Waals surface area contributed by atoms with E-state index in [-0.39, 0.29) is 4.90 Å². The van der Waals surface area contributed by atoms with Crippen molar-refractivity contribution in [2.24, 2.45) is 0 Å². The highest BCUT2D eigenvalue weighted by Crippen LogP contribution is 2.19. The first-order valence-electron chi connectivity index (χ1n) is 17.3. The molecular weight excluding hydrogens is 606 g/mol. The van der Waals surface area contributed by atoms with Gasteiger partial charge < -0.3 is 9.04 Å². The molecule has 0 N–H and O–H groups in total. The van der Waals surface area contributed by atoms with Crippen molar-refractivity contribution in [1.29, 1.82) is 0 Å². The topological polar surface area (TPSA) is 57.2 Å². The maximum absolute atomic E-state index is 10.3. The summed E-state index contributed by atoms with van der Waals surface area (Å²) >= 11 is 3.38. The molecule has 0 spiro atoms. The quantitative estimate of drug-likeness (QED) is 0.0427. The highest BCUT2D eigenvalue weighted by atomic mass is 79.9. The first kappa shape index (κ1) is 41.1. The molecule has 6 heteroatoms. The van der Waals surface area contributed by atoms with Crippen molar-refractivity contribution in [3.05, 3.63) is 30.3 Å². The Morgan fingerprint density at radius 1 is 0.595 bits per heavy atom. The third-order valence-electron chi connectivity index (χ3n) is 8.22. The fraction of sp³-hybridized carbons (Fsp3) is 0.778. The van der Waals surface area contributed by atoms with Gasteiger partial charge in [-0.2, -0.15) is 0 Å².